The number of allylic oxidation sites excluding steroid dienone is 3. The van der Waals surface area contributed by atoms with Gasteiger partial charge < -0.3 is 5.73 Å². The number of halogens is 1. The Morgan fingerprint density at radius 2 is 2.23 bits per heavy atom. The second kappa shape index (κ2) is 3.73. The molecule has 1 rings (SSSR count). The molecule has 1 aliphatic rings. The standard InChI is InChI=1S/C10H14FNO/c1-6(2)8-5-7(10(12)13)3-4-9(8)11/h3-4,6,8H,5H2,1-2H3,(H2,12,13). The van der Waals surface area contributed by atoms with E-state index in [1.165, 1.54) is 12.2 Å². The largest absolute Gasteiger partial charge is 0.366 e. The van der Waals surface area contributed by atoms with Gasteiger partial charge in [0.25, 0.3) is 0 Å². The van der Waals surface area contributed by atoms with E-state index < -0.39 is 5.91 Å². The van der Waals surface area contributed by atoms with E-state index in [0.717, 1.165) is 0 Å². The predicted octanol–water partition coefficient (Wildman–Crippen LogP) is 1.93. The second-order valence-corrected chi connectivity index (χ2v) is 3.66. The zero-order valence-electron chi connectivity index (χ0n) is 7.88. The first-order valence-electron chi connectivity index (χ1n) is 4.38. The van der Waals surface area contributed by atoms with Gasteiger partial charge in [-0.05, 0) is 18.4 Å². The number of carbonyl (C=O) groups is 1. The normalized spacial score (nSPS) is 22.6. The summed E-state index contributed by atoms with van der Waals surface area (Å²) in [5.41, 5.74) is 5.63. The van der Waals surface area contributed by atoms with Crippen molar-refractivity contribution in [2.75, 3.05) is 0 Å². The Hall–Kier alpha value is -1.12. The van der Waals surface area contributed by atoms with E-state index in [1.54, 1.807) is 0 Å². The van der Waals surface area contributed by atoms with Crippen LogP contribution in [0.25, 0.3) is 0 Å². The molecule has 1 atom stereocenters. The lowest BCUT2D eigenvalue weighted by molar-refractivity contribution is -0.114. The van der Waals surface area contributed by atoms with Crippen molar-refractivity contribution in [3.8, 4) is 0 Å². The molecule has 1 amide bonds. The number of carbonyl (C=O) groups excluding carboxylic acids is 1. The second-order valence-electron chi connectivity index (χ2n) is 3.66. The van der Waals surface area contributed by atoms with E-state index in [1.807, 2.05) is 13.8 Å². The topological polar surface area (TPSA) is 43.1 Å². The molecule has 2 N–H and O–H groups in total. The lowest BCUT2D eigenvalue weighted by atomic mass is 9.84. The summed E-state index contributed by atoms with van der Waals surface area (Å²) in [5, 5.41) is 0. The molecule has 0 bridgehead atoms. The Morgan fingerprint density at radius 3 is 2.69 bits per heavy atom. The number of primary amides is 1. The lowest BCUT2D eigenvalue weighted by Crippen LogP contribution is -2.21. The highest BCUT2D eigenvalue weighted by Crippen LogP contribution is 2.31. The SMILES string of the molecule is CC(C)C1CC(C(N)=O)=CC=C1F. The Balaban J connectivity index is 2.83. The van der Waals surface area contributed by atoms with Gasteiger partial charge in [0.05, 0.1) is 0 Å². The van der Waals surface area contributed by atoms with E-state index in [2.05, 4.69) is 0 Å². The van der Waals surface area contributed by atoms with Crippen LogP contribution in [0.1, 0.15) is 20.3 Å². The molecule has 2 nitrogen and oxygen atoms in total. The van der Waals surface area contributed by atoms with Crippen molar-refractivity contribution in [3.63, 3.8) is 0 Å². The first-order valence-corrected chi connectivity index (χ1v) is 4.38. The van der Waals surface area contributed by atoms with Gasteiger partial charge in [0, 0.05) is 11.5 Å². The molecule has 0 saturated heterocycles. The van der Waals surface area contributed by atoms with Gasteiger partial charge in [-0.3, -0.25) is 4.79 Å². The highest BCUT2D eigenvalue weighted by atomic mass is 19.1. The number of rotatable bonds is 2. The Labute approximate surface area is 77.3 Å². The van der Waals surface area contributed by atoms with Gasteiger partial charge in [-0.25, -0.2) is 4.39 Å². The highest BCUT2D eigenvalue weighted by Gasteiger charge is 2.24. The molecule has 0 aromatic heterocycles. The highest BCUT2D eigenvalue weighted by molar-refractivity contribution is 5.92. The molecule has 0 spiro atoms. The van der Waals surface area contributed by atoms with Crippen molar-refractivity contribution in [3.05, 3.63) is 23.6 Å². The predicted molar refractivity (Wildman–Crippen MR) is 49.4 cm³/mol. The fraction of sp³-hybridized carbons (Fsp3) is 0.500. The van der Waals surface area contributed by atoms with Crippen LogP contribution in [0, 0.1) is 11.8 Å². The van der Waals surface area contributed by atoms with E-state index in [0.29, 0.717) is 12.0 Å². The monoisotopic (exact) mass is 183 g/mol. The van der Waals surface area contributed by atoms with Crippen LogP contribution in [0.15, 0.2) is 23.6 Å². The van der Waals surface area contributed by atoms with E-state index in [9.17, 15) is 9.18 Å². The minimum Gasteiger partial charge on any atom is -0.366 e. The molecule has 13 heavy (non-hydrogen) atoms. The summed E-state index contributed by atoms with van der Waals surface area (Å²) in [7, 11) is 0. The quantitative estimate of drug-likeness (QED) is 0.698. The fourth-order valence-electron chi connectivity index (χ4n) is 1.44. The van der Waals surface area contributed by atoms with E-state index in [4.69, 9.17) is 5.73 Å². The maximum Gasteiger partial charge on any atom is 0.244 e. The Kier molecular flexibility index (Phi) is 2.86. The number of hydrogen-bond donors (Lipinski definition) is 1. The van der Waals surface area contributed by atoms with Crippen LogP contribution in [0.3, 0.4) is 0 Å². The third-order valence-electron chi connectivity index (χ3n) is 2.36. The van der Waals surface area contributed by atoms with Gasteiger partial charge in [-0.2, -0.15) is 0 Å². The molecule has 72 valence electrons. The number of nitrogens with two attached hydrogens (primary N) is 1. The minimum absolute atomic E-state index is 0.153. The molecule has 3 heteroatoms. The summed E-state index contributed by atoms with van der Waals surface area (Å²) in [6.45, 7) is 3.87. The van der Waals surface area contributed by atoms with Crippen LogP contribution >= 0.6 is 0 Å². The smallest absolute Gasteiger partial charge is 0.244 e. The van der Waals surface area contributed by atoms with Crippen molar-refractivity contribution in [1.29, 1.82) is 0 Å². The van der Waals surface area contributed by atoms with Gasteiger partial charge in [0.15, 0.2) is 0 Å². The van der Waals surface area contributed by atoms with Crippen molar-refractivity contribution in [1.82, 2.24) is 0 Å². The zero-order chi connectivity index (χ0) is 10.0. The van der Waals surface area contributed by atoms with Crippen LogP contribution in [0.4, 0.5) is 4.39 Å². The first kappa shape index (κ1) is 9.96. The van der Waals surface area contributed by atoms with E-state index >= 15 is 0 Å². The third kappa shape index (κ3) is 2.17. The van der Waals surface area contributed by atoms with Crippen molar-refractivity contribution < 1.29 is 9.18 Å². The lowest BCUT2D eigenvalue weighted by Gasteiger charge is -2.22. The molecule has 1 unspecified atom stereocenters. The van der Waals surface area contributed by atoms with Crippen LogP contribution in [-0.2, 0) is 4.79 Å². The minimum atomic E-state index is -0.450. The molecule has 0 radical (unpaired) electrons. The molecule has 0 saturated carbocycles. The van der Waals surface area contributed by atoms with E-state index in [-0.39, 0.29) is 17.7 Å². The third-order valence-corrected chi connectivity index (χ3v) is 2.36. The van der Waals surface area contributed by atoms with Crippen molar-refractivity contribution in [2.24, 2.45) is 17.6 Å². The zero-order valence-corrected chi connectivity index (χ0v) is 7.88. The van der Waals surface area contributed by atoms with Crippen LogP contribution in [0.2, 0.25) is 0 Å². The number of amides is 1. The summed E-state index contributed by atoms with van der Waals surface area (Å²) in [6.07, 6.45) is 3.24. The average Bonchev–Trinajstić information content (AvgIpc) is 2.04. The fourth-order valence-corrected chi connectivity index (χ4v) is 1.44. The van der Waals surface area contributed by atoms with Crippen LogP contribution < -0.4 is 5.73 Å². The van der Waals surface area contributed by atoms with Crippen LogP contribution in [0.5, 0.6) is 0 Å². The summed E-state index contributed by atoms with van der Waals surface area (Å²) < 4.78 is 13.2. The summed E-state index contributed by atoms with van der Waals surface area (Å²) in [5.74, 6) is -0.596. The van der Waals surface area contributed by atoms with Gasteiger partial charge in [-0.15, -0.1) is 0 Å². The molecule has 0 fully saturated rings. The van der Waals surface area contributed by atoms with Gasteiger partial charge >= 0.3 is 0 Å². The average molecular weight is 183 g/mol. The summed E-state index contributed by atoms with van der Waals surface area (Å²) in [4.78, 5) is 10.8. The molecule has 0 aliphatic heterocycles. The maximum atomic E-state index is 13.2. The Bertz CT molecular complexity index is 279. The summed E-state index contributed by atoms with van der Waals surface area (Å²) >= 11 is 0. The first-order chi connectivity index (χ1) is 6.02. The molecule has 0 aromatic carbocycles. The summed E-state index contributed by atoms with van der Waals surface area (Å²) in [6, 6.07) is 0. The molecular formula is C10H14FNO. The van der Waals surface area contributed by atoms with Crippen molar-refractivity contribution >= 4 is 5.91 Å². The molecule has 1 aliphatic carbocycles. The number of hydrogen-bond acceptors (Lipinski definition) is 1. The van der Waals surface area contributed by atoms with Gasteiger partial charge in [0.2, 0.25) is 5.91 Å². The van der Waals surface area contributed by atoms with Crippen LogP contribution in [-0.4, -0.2) is 5.91 Å². The molecule has 0 aromatic rings. The maximum absolute atomic E-state index is 13.2. The Morgan fingerprint density at radius 1 is 1.62 bits per heavy atom. The van der Waals surface area contributed by atoms with Gasteiger partial charge in [0.1, 0.15) is 5.83 Å². The molecule has 0 heterocycles. The van der Waals surface area contributed by atoms with Gasteiger partial charge in [-0.1, -0.05) is 19.9 Å². The van der Waals surface area contributed by atoms with Crippen molar-refractivity contribution in [2.45, 2.75) is 20.3 Å². The molecular weight excluding hydrogens is 169 g/mol.